The lowest BCUT2D eigenvalue weighted by molar-refractivity contribution is -0.139. The molecule has 5 nitrogen and oxygen atoms in total. The Labute approximate surface area is 89.3 Å². The number of imidazole rings is 1. The number of carboxylic acids is 1. The largest absolute Gasteiger partial charge is 0.480 e. The maximum Gasteiger partial charge on any atom is 0.321 e. The highest BCUT2D eigenvalue weighted by molar-refractivity contribution is 9.10. The van der Waals surface area contributed by atoms with Crippen molar-refractivity contribution in [3.8, 4) is 0 Å². The summed E-state index contributed by atoms with van der Waals surface area (Å²) in [5, 5.41) is 11.8. The van der Waals surface area contributed by atoms with Crippen LogP contribution in [0.1, 0.15) is 11.4 Å². The van der Waals surface area contributed by atoms with E-state index in [4.69, 9.17) is 5.11 Å². The van der Waals surface area contributed by atoms with Gasteiger partial charge in [0.15, 0.2) is 4.73 Å². The molecule has 1 aromatic rings. The van der Waals surface area contributed by atoms with Gasteiger partial charge >= 0.3 is 5.97 Å². The van der Waals surface area contributed by atoms with Crippen LogP contribution < -0.4 is 5.32 Å². The lowest BCUT2D eigenvalue weighted by atomic mass is 10.1. The molecular formula is C8H10BrN3O2. The Morgan fingerprint density at radius 3 is 3.14 bits per heavy atom. The lowest BCUT2D eigenvalue weighted by Crippen LogP contribution is -2.42. The normalized spacial score (nSPS) is 20.6. The van der Waals surface area contributed by atoms with E-state index in [0.717, 1.165) is 16.1 Å². The smallest absolute Gasteiger partial charge is 0.321 e. The Hall–Kier alpha value is -0.880. The summed E-state index contributed by atoms with van der Waals surface area (Å²) in [4.78, 5) is 15.0. The molecule has 2 rings (SSSR count). The van der Waals surface area contributed by atoms with E-state index in [1.807, 2.05) is 11.6 Å². The lowest BCUT2D eigenvalue weighted by Gasteiger charge is -2.20. The van der Waals surface area contributed by atoms with E-state index in [9.17, 15) is 4.79 Å². The van der Waals surface area contributed by atoms with Crippen LogP contribution in [0, 0.1) is 0 Å². The average Bonchev–Trinajstić information content (AvgIpc) is 2.42. The van der Waals surface area contributed by atoms with Crippen molar-refractivity contribution in [3.05, 3.63) is 16.1 Å². The molecule has 0 saturated carbocycles. The molecule has 14 heavy (non-hydrogen) atoms. The van der Waals surface area contributed by atoms with Crippen LogP contribution in [0.4, 0.5) is 0 Å². The van der Waals surface area contributed by atoms with E-state index < -0.39 is 12.0 Å². The molecule has 76 valence electrons. The molecule has 0 spiro atoms. The van der Waals surface area contributed by atoms with Crippen molar-refractivity contribution in [2.75, 3.05) is 0 Å². The Balaban J connectivity index is 2.31. The summed E-state index contributed by atoms with van der Waals surface area (Å²) in [6, 6.07) is -0.510. The molecule has 0 amide bonds. The molecule has 0 bridgehead atoms. The van der Waals surface area contributed by atoms with Crippen molar-refractivity contribution in [2.45, 2.75) is 19.0 Å². The third-order valence-corrected chi connectivity index (χ3v) is 3.16. The zero-order chi connectivity index (χ0) is 10.3. The van der Waals surface area contributed by atoms with Crippen LogP contribution in [-0.4, -0.2) is 26.7 Å². The van der Waals surface area contributed by atoms with E-state index in [2.05, 4.69) is 26.2 Å². The van der Waals surface area contributed by atoms with Crippen molar-refractivity contribution < 1.29 is 9.90 Å². The highest BCUT2D eigenvalue weighted by atomic mass is 79.9. The van der Waals surface area contributed by atoms with Crippen LogP contribution in [0.5, 0.6) is 0 Å². The highest BCUT2D eigenvalue weighted by Gasteiger charge is 2.27. The third kappa shape index (κ3) is 1.44. The molecule has 2 heterocycles. The molecular weight excluding hydrogens is 250 g/mol. The van der Waals surface area contributed by atoms with Gasteiger partial charge in [-0.25, -0.2) is 4.98 Å². The molecule has 0 radical (unpaired) electrons. The zero-order valence-corrected chi connectivity index (χ0v) is 9.21. The van der Waals surface area contributed by atoms with Crippen LogP contribution in [0.25, 0.3) is 0 Å². The first-order valence-electron chi connectivity index (χ1n) is 4.25. The van der Waals surface area contributed by atoms with Gasteiger partial charge in [-0.3, -0.25) is 10.1 Å². The van der Waals surface area contributed by atoms with E-state index in [0.29, 0.717) is 13.0 Å². The van der Waals surface area contributed by atoms with Crippen molar-refractivity contribution in [1.82, 2.24) is 14.9 Å². The molecule has 2 N–H and O–H groups in total. The van der Waals surface area contributed by atoms with Gasteiger partial charge in [0.05, 0.1) is 11.4 Å². The van der Waals surface area contributed by atoms with E-state index in [-0.39, 0.29) is 0 Å². The minimum atomic E-state index is -0.822. The molecule has 1 aliphatic heterocycles. The Bertz CT molecular complexity index is 388. The number of rotatable bonds is 1. The number of carbonyl (C=O) groups is 1. The van der Waals surface area contributed by atoms with Crippen molar-refractivity contribution in [3.63, 3.8) is 0 Å². The Kier molecular flexibility index (Phi) is 2.32. The first-order valence-corrected chi connectivity index (χ1v) is 5.05. The monoisotopic (exact) mass is 259 g/mol. The van der Waals surface area contributed by atoms with E-state index in [1.54, 1.807) is 0 Å². The summed E-state index contributed by atoms with van der Waals surface area (Å²) in [5.74, 6) is -0.822. The first-order chi connectivity index (χ1) is 6.59. The summed E-state index contributed by atoms with van der Waals surface area (Å²) in [6.07, 6.45) is 0.449. The van der Waals surface area contributed by atoms with Crippen LogP contribution in [-0.2, 0) is 24.8 Å². The first kappa shape index (κ1) is 9.67. The van der Waals surface area contributed by atoms with E-state index in [1.165, 1.54) is 0 Å². The van der Waals surface area contributed by atoms with Gasteiger partial charge in [-0.2, -0.15) is 0 Å². The highest BCUT2D eigenvalue weighted by Crippen LogP contribution is 2.20. The standard InChI is InChI=1S/C8H10BrN3O2/c1-12-6-3-10-5(7(13)14)2-4(6)11-8(12)9/h5,10H,2-3H2,1H3,(H,13,14). The number of nitrogens with zero attached hydrogens (tertiary/aromatic N) is 2. The quantitative estimate of drug-likeness (QED) is 0.761. The molecule has 0 aliphatic carbocycles. The molecule has 0 fully saturated rings. The summed E-state index contributed by atoms with van der Waals surface area (Å²) < 4.78 is 2.66. The Morgan fingerprint density at radius 1 is 1.79 bits per heavy atom. The summed E-state index contributed by atoms with van der Waals surface area (Å²) in [5.41, 5.74) is 1.92. The van der Waals surface area contributed by atoms with Crippen molar-refractivity contribution in [2.24, 2.45) is 7.05 Å². The number of halogens is 1. The minimum Gasteiger partial charge on any atom is -0.480 e. The van der Waals surface area contributed by atoms with Gasteiger partial charge in [0.2, 0.25) is 0 Å². The second-order valence-corrected chi connectivity index (χ2v) is 4.02. The molecule has 1 atom stereocenters. The number of hydrogen-bond acceptors (Lipinski definition) is 3. The van der Waals surface area contributed by atoms with Gasteiger partial charge in [-0.05, 0) is 15.9 Å². The topological polar surface area (TPSA) is 67.2 Å². The Morgan fingerprint density at radius 2 is 2.50 bits per heavy atom. The van der Waals surface area contributed by atoms with Gasteiger partial charge in [-0.15, -0.1) is 0 Å². The summed E-state index contributed by atoms with van der Waals surface area (Å²) >= 11 is 3.31. The fourth-order valence-corrected chi connectivity index (χ4v) is 2.03. The summed E-state index contributed by atoms with van der Waals surface area (Å²) in [7, 11) is 1.90. The summed E-state index contributed by atoms with van der Waals surface area (Å²) in [6.45, 7) is 0.557. The van der Waals surface area contributed by atoms with Gasteiger partial charge < -0.3 is 9.67 Å². The number of aromatic nitrogens is 2. The number of carboxylic acid groups (broad SMARTS) is 1. The van der Waals surface area contributed by atoms with Gasteiger partial charge in [0.1, 0.15) is 6.04 Å². The molecule has 1 unspecified atom stereocenters. The van der Waals surface area contributed by atoms with E-state index >= 15 is 0 Å². The van der Waals surface area contributed by atoms with Crippen LogP contribution >= 0.6 is 15.9 Å². The fraction of sp³-hybridized carbons (Fsp3) is 0.500. The van der Waals surface area contributed by atoms with Gasteiger partial charge in [-0.1, -0.05) is 0 Å². The number of nitrogens with one attached hydrogen (secondary N) is 1. The fourth-order valence-electron chi connectivity index (χ4n) is 1.60. The third-order valence-electron chi connectivity index (χ3n) is 2.45. The predicted molar refractivity (Wildman–Crippen MR) is 52.9 cm³/mol. The second kappa shape index (κ2) is 3.36. The van der Waals surface area contributed by atoms with Crippen molar-refractivity contribution in [1.29, 1.82) is 0 Å². The average molecular weight is 260 g/mol. The molecule has 0 aromatic carbocycles. The maximum atomic E-state index is 10.7. The SMILES string of the molecule is Cn1c(Br)nc2c1CNC(C(=O)O)C2. The van der Waals surface area contributed by atoms with Gasteiger partial charge in [0.25, 0.3) is 0 Å². The molecule has 6 heteroatoms. The minimum absolute atomic E-state index is 0.449. The predicted octanol–water partition coefficient (Wildman–Crippen LogP) is 0.281. The maximum absolute atomic E-state index is 10.7. The number of aliphatic carboxylic acids is 1. The van der Waals surface area contributed by atoms with Crippen LogP contribution in [0.3, 0.4) is 0 Å². The van der Waals surface area contributed by atoms with Crippen molar-refractivity contribution >= 4 is 21.9 Å². The zero-order valence-electron chi connectivity index (χ0n) is 7.62. The number of hydrogen-bond donors (Lipinski definition) is 2. The number of fused-ring (bicyclic) bond motifs is 1. The molecule has 0 saturated heterocycles. The van der Waals surface area contributed by atoms with Gasteiger partial charge in [0, 0.05) is 20.0 Å². The molecule has 1 aliphatic rings. The van der Waals surface area contributed by atoms with Crippen LogP contribution in [0.2, 0.25) is 0 Å². The molecule has 1 aromatic heterocycles. The second-order valence-electron chi connectivity index (χ2n) is 3.31. The van der Waals surface area contributed by atoms with Crippen LogP contribution in [0.15, 0.2) is 4.73 Å².